The molecule has 6 nitrogen and oxygen atoms in total. The van der Waals surface area contributed by atoms with Crippen LogP contribution >= 0.6 is 11.6 Å². The lowest BCUT2D eigenvalue weighted by atomic mass is 10.2. The van der Waals surface area contributed by atoms with Gasteiger partial charge in [-0.05, 0) is 30.7 Å². The van der Waals surface area contributed by atoms with Gasteiger partial charge >= 0.3 is 0 Å². The van der Waals surface area contributed by atoms with E-state index in [0.29, 0.717) is 30.1 Å². The van der Waals surface area contributed by atoms with E-state index >= 15 is 0 Å². The van der Waals surface area contributed by atoms with Crippen LogP contribution in [0.4, 0.5) is 11.4 Å². The Morgan fingerprint density at radius 1 is 1.09 bits per heavy atom. The lowest BCUT2D eigenvalue weighted by molar-refractivity contribution is -0.384. The molecule has 120 valence electrons. The van der Waals surface area contributed by atoms with Crippen LogP contribution in [0.3, 0.4) is 0 Å². The van der Waals surface area contributed by atoms with Crippen molar-refractivity contribution in [1.82, 2.24) is 5.32 Å². The number of benzene rings is 2. The third kappa shape index (κ3) is 4.96. The summed E-state index contributed by atoms with van der Waals surface area (Å²) in [6.45, 7) is 1.14. The van der Waals surface area contributed by atoms with Gasteiger partial charge in [0.25, 0.3) is 11.6 Å². The van der Waals surface area contributed by atoms with Gasteiger partial charge in [0, 0.05) is 30.9 Å². The van der Waals surface area contributed by atoms with Crippen molar-refractivity contribution >= 4 is 28.9 Å². The van der Waals surface area contributed by atoms with E-state index in [1.807, 2.05) is 0 Å². The van der Waals surface area contributed by atoms with Gasteiger partial charge in [0.05, 0.1) is 15.5 Å². The summed E-state index contributed by atoms with van der Waals surface area (Å²) in [5.41, 5.74) is 1.31. The van der Waals surface area contributed by atoms with Crippen molar-refractivity contribution in [3.8, 4) is 0 Å². The van der Waals surface area contributed by atoms with Crippen molar-refractivity contribution in [3.63, 3.8) is 0 Å². The second-order valence-corrected chi connectivity index (χ2v) is 5.23. The normalized spacial score (nSPS) is 10.1. The van der Waals surface area contributed by atoms with Gasteiger partial charge in [0.15, 0.2) is 0 Å². The number of hydrogen-bond donors (Lipinski definition) is 2. The van der Waals surface area contributed by atoms with Crippen molar-refractivity contribution in [2.45, 2.75) is 6.42 Å². The Morgan fingerprint density at radius 2 is 1.78 bits per heavy atom. The Labute approximate surface area is 138 Å². The zero-order valence-electron chi connectivity index (χ0n) is 12.3. The molecule has 2 aromatic carbocycles. The van der Waals surface area contributed by atoms with Gasteiger partial charge in [-0.25, -0.2) is 0 Å². The van der Waals surface area contributed by atoms with Crippen molar-refractivity contribution < 1.29 is 9.72 Å². The molecule has 2 N–H and O–H groups in total. The van der Waals surface area contributed by atoms with Gasteiger partial charge in [0.2, 0.25) is 0 Å². The molecule has 0 aliphatic rings. The van der Waals surface area contributed by atoms with E-state index in [2.05, 4.69) is 10.6 Å². The second-order valence-electron chi connectivity index (χ2n) is 4.82. The molecule has 0 bridgehead atoms. The van der Waals surface area contributed by atoms with Gasteiger partial charge in [-0.15, -0.1) is 0 Å². The highest BCUT2D eigenvalue weighted by Crippen LogP contribution is 2.15. The molecule has 0 fully saturated rings. The Hall–Kier alpha value is -2.60. The average Bonchev–Trinajstić information content (AvgIpc) is 2.55. The van der Waals surface area contributed by atoms with Crippen LogP contribution in [0.25, 0.3) is 0 Å². The van der Waals surface area contributed by atoms with Crippen LogP contribution in [0.5, 0.6) is 0 Å². The van der Waals surface area contributed by atoms with Gasteiger partial charge in [-0.3, -0.25) is 14.9 Å². The number of non-ortho nitro benzene ring substituents is 1. The zero-order chi connectivity index (χ0) is 16.7. The standard InChI is InChI=1S/C16H16ClN3O3/c17-15-5-2-1-4-14(15)16(21)19-11-3-10-18-12-6-8-13(9-7-12)20(22)23/h1-2,4-9,18H,3,10-11H2,(H,19,21). The first-order valence-electron chi connectivity index (χ1n) is 7.09. The van der Waals surface area contributed by atoms with Crippen molar-refractivity contribution in [2.24, 2.45) is 0 Å². The van der Waals surface area contributed by atoms with Crippen LogP contribution in [0.15, 0.2) is 48.5 Å². The molecule has 0 aromatic heterocycles. The van der Waals surface area contributed by atoms with Crippen molar-refractivity contribution in [3.05, 3.63) is 69.2 Å². The lowest BCUT2D eigenvalue weighted by Crippen LogP contribution is -2.26. The molecule has 0 spiro atoms. The van der Waals surface area contributed by atoms with E-state index in [0.717, 1.165) is 5.69 Å². The van der Waals surface area contributed by atoms with Crippen LogP contribution in [-0.2, 0) is 0 Å². The fourth-order valence-electron chi connectivity index (χ4n) is 1.96. The summed E-state index contributed by atoms with van der Waals surface area (Å²) >= 11 is 5.95. The van der Waals surface area contributed by atoms with Gasteiger partial charge in [-0.2, -0.15) is 0 Å². The molecule has 0 radical (unpaired) electrons. The number of carbonyl (C=O) groups excluding carboxylic acids is 1. The molecule has 0 unspecified atom stereocenters. The molecular formula is C16H16ClN3O3. The summed E-state index contributed by atoms with van der Waals surface area (Å²) in [4.78, 5) is 22.0. The predicted molar refractivity (Wildman–Crippen MR) is 90.0 cm³/mol. The smallest absolute Gasteiger partial charge is 0.269 e. The van der Waals surface area contributed by atoms with E-state index in [-0.39, 0.29) is 11.6 Å². The number of anilines is 1. The number of amides is 1. The third-order valence-corrected chi connectivity index (χ3v) is 3.49. The molecule has 0 heterocycles. The highest BCUT2D eigenvalue weighted by Gasteiger charge is 2.08. The molecule has 2 aromatic rings. The maximum atomic E-state index is 11.9. The molecule has 0 atom stereocenters. The molecule has 23 heavy (non-hydrogen) atoms. The largest absolute Gasteiger partial charge is 0.385 e. The van der Waals surface area contributed by atoms with Crippen LogP contribution in [-0.4, -0.2) is 23.9 Å². The predicted octanol–water partition coefficient (Wildman–Crippen LogP) is 3.48. The summed E-state index contributed by atoms with van der Waals surface area (Å²) in [5.74, 6) is -0.203. The molecule has 7 heteroatoms. The van der Waals surface area contributed by atoms with Crippen LogP contribution in [0.1, 0.15) is 16.8 Å². The molecule has 0 saturated carbocycles. The zero-order valence-corrected chi connectivity index (χ0v) is 13.0. The minimum absolute atomic E-state index is 0.0579. The first-order valence-corrected chi connectivity index (χ1v) is 7.47. The lowest BCUT2D eigenvalue weighted by Gasteiger charge is -2.08. The fraction of sp³-hybridized carbons (Fsp3) is 0.188. The number of halogens is 1. The Morgan fingerprint density at radius 3 is 2.43 bits per heavy atom. The number of hydrogen-bond acceptors (Lipinski definition) is 4. The second kappa shape index (κ2) is 8.14. The molecule has 1 amide bonds. The van der Waals surface area contributed by atoms with E-state index < -0.39 is 4.92 Å². The van der Waals surface area contributed by atoms with Crippen LogP contribution < -0.4 is 10.6 Å². The first-order chi connectivity index (χ1) is 11.1. The summed E-state index contributed by atoms with van der Waals surface area (Å²) in [6.07, 6.45) is 0.715. The summed E-state index contributed by atoms with van der Waals surface area (Å²) < 4.78 is 0. The quantitative estimate of drug-likeness (QED) is 0.461. The molecule has 0 aliphatic heterocycles. The molecule has 2 rings (SSSR count). The number of nitro groups is 1. The minimum Gasteiger partial charge on any atom is -0.385 e. The highest BCUT2D eigenvalue weighted by atomic mass is 35.5. The average molecular weight is 334 g/mol. The summed E-state index contributed by atoms with van der Waals surface area (Å²) in [5, 5.41) is 16.9. The Bertz CT molecular complexity index is 689. The summed E-state index contributed by atoms with van der Waals surface area (Å²) in [7, 11) is 0. The maximum absolute atomic E-state index is 11.9. The first kappa shape index (κ1) is 16.8. The van der Waals surface area contributed by atoms with Crippen molar-refractivity contribution in [1.29, 1.82) is 0 Å². The Balaban J connectivity index is 1.70. The summed E-state index contributed by atoms with van der Waals surface area (Å²) in [6, 6.07) is 13.1. The Kier molecular flexibility index (Phi) is 5.94. The number of nitrogens with zero attached hydrogens (tertiary/aromatic N) is 1. The van der Waals surface area contributed by atoms with E-state index in [1.165, 1.54) is 12.1 Å². The molecule has 0 saturated heterocycles. The van der Waals surface area contributed by atoms with Gasteiger partial charge in [-0.1, -0.05) is 23.7 Å². The number of rotatable bonds is 7. The fourth-order valence-corrected chi connectivity index (χ4v) is 2.19. The number of nitrogens with one attached hydrogen (secondary N) is 2. The monoisotopic (exact) mass is 333 g/mol. The highest BCUT2D eigenvalue weighted by molar-refractivity contribution is 6.33. The third-order valence-electron chi connectivity index (χ3n) is 3.16. The topological polar surface area (TPSA) is 84.3 Å². The van der Waals surface area contributed by atoms with Crippen molar-refractivity contribution in [2.75, 3.05) is 18.4 Å². The molecule has 0 aliphatic carbocycles. The van der Waals surface area contributed by atoms with Gasteiger partial charge in [0.1, 0.15) is 0 Å². The van der Waals surface area contributed by atoms with E-state index in [9.17, 15) is 14.9 Å². The SMILES string of the molecule is O=C(NCCCNc1ccc([N+](=O)[O-])cc1)c1ccccc1Cl. The number of carbonyl (C=O) groups is 1. The maximum Gasteiger partial charge on any atom is 0.269 e. The van der Waals surface area contributed by atoms with Crippen LogP contribution in [0.2, 0.25) is 5.02 Å². The number of nitro benzene ring substituents is 1. The molecular weight excluding hydrogens is 318 g/mol. The van der Waals surface area contributed by atoms with E-state index in [1.54, 1.807) is 36.4 Å². The van der Waals surface area contributed by atoms with Gasteiger partial charge < -0.3 is 10.6 Å². The minimum atomic E-state index is -0.436. The van der Waals surface area contributed by atoms with E-state index in [4.69, 9.17) is 11.6 Å². The van der Waals surface area contributed by atoms with Crippen LogP contribution in [0, 0.1) is 10.1 Å².